The molecule has 1 aliphatic carbocycles. The minimum absolute atomic E-state index is 0.0443. The fraction of sp³-hybridized carbons (Fsp3) is 0.650. The SMILES string of the molecule is COc1ccc2c(c1)[C@H](C(=O)NC[C@H]1CCCO[C@H]1C(C)C)CC2. The van der Waals surface area contributed by atoms with E-state index in [-0.39, 0.29) is 17.9 Å². The molecule has 0 bridgehead atoms. The number of hydrogen-bond donors (Lipinski definition) is 1. The molecule has 0 saturated carbocycles. The standard InChI is InChI=1S/C20H29NO3/c1-13(2)19-15(5-4-10-24-19)12-21-20(22)17-9-7-14-6-8-16(23-3)11-18(14)17/h6,8,11,13,15,17,19H,4-5,7,9-10,12H2,1-3H3,(H,21,22)/t15-,17-,19+/m1/s1. The van der Waals surface area contributed by atoms with Gasteiger partial charge in [-0.3, -0.25) is 4.79 Å². The van der Waals surface area contributed by atoms with E-state index in [2.05, 4.69) is 25.2 Å². The zero-order valence-electron chi connectivity index (χ0n) is 15.0. The maximum Gasteiger partial charge on any atom is 0.227 e. The topological polar surface area (TPSA) is 47.6 Å². The number of carbonyl (C=O) groups excluding carboxylic acids is 1. The zero-order chi connectivity index (χ0) is 17.1. The van der Waals surface area contributed by atoms with Gasteiger partial charge in [0, 0.05) is 19.1 Å². The Morgan fingerprint density at radius 3 is 2.96 bits per heavy atom. The summed E-state index contributed by atoms with van der Waals surface area (Å²) in [5, 5.41) is 3.20. The largest absolute Gasteiger partial charge is 0.497 e. The van der Waals surface area contributed by atoms with Crippen molar-refractivity contribution in [2.24, 2.45) is 11.8 Å². The lowest BCUT2D eigenvalue weighted by atomic mass is 9.87. The highest BCUT2D eigenvalue weighted by molar-refractivity contribution is 5.85. The Labute approximate surface area is 144 Å². The summed E-state index contributed by atoms with van der Waals surface area (Å²) in [5.74, 6) is 1.85. The second-order valence-electron chi connectivity index (χ2n) is 7.38. The first kappa shape index (κ1) is 17.3. The van der Waals surface area contributed by atoms with Gasteiger partial charge in [0.2, 0.25) is 5.91 Å². The van der Waals surface area contributed by atoms with E-state index in [0.29, 0.717) is 11.8 Å². The van der Waals surface area contributed by atoms with Gasteiger partial charge < -0.3 is 14.8 Å². The fourth-order valence-corrected chi connectivity index (χ4v) is 4.15. The van der Waals surface area contributed by atoms with Crippen LogP contribution in [-0.2, 0) is 16.0 Å². The van der Waals surface area contributed by atoms with E-state index >= 15 is 0 Å². The number of benzene rings is 1. The average Bonchev–Trinajstić information content (AvgIpc) is 3.02. The molecule has 1 fully saturated rings. The van der Waals surface area contributed by atoms with Crippen LogP contribution in [0.1, 0.15) is 50.2 Å². The Morgan fingerprint density at radius 1 is 1.38 bits per heavy atom. The highest BCUT2D eigenvalue weighted by Gasteiger charge is 2.32. The van der Waals surface area contributed by atoms with Crippen LogP contribution in [0.5, 0.6) is 5.75 Å². The summed E-state index contributed by atoms with van der Waals surface area (Å²) in [5.41, 5.74) is 2.41. The fourth-order valence-electron chi connectivity index (χ4n) is 4.15. The number of nitrogens with one attached hydrogen (secondary N) is 1. The molecule has 0 aromatic heterocycles. The second-order valence-corrected chi connectivity index (χ2v) is 7.38. The molecule has 4 nitrogen and oxygen atoms in total. The first-order chi connectivity index (χ1) is 11.6. The van der Waals surface area contributed by atoms with E-state index in [1.165, 1.54) is 5.56 Å². The minimum atomic E-state index is -0.0443. The molecule has 3 rings (SSSR count). The van der Waals surface area contributed by atoms with Crippen LogP contribution in [0, 0.1) is 11.8 Å². The molecule has 1 saturated heterocycles. The van der Waals surface area contributed by atoms with Crippen molar-refractivity contribution in [3.63, 3.8) is 0 Å². The Hall–Kier alpha value is -1.55. The number of amides is 1. The molecule has 1 heterocycles. The van der Waals surface area contributed by atoms with Crippen LogP contribution in [0.2, 0.25) is 0 Å². The maximum absolute atomic E-state index is 12.7. The number of methoxy groups -OCH3 is 1. The molecule has 4 heteroatoms. The predicted octanol–water partition coefficient (Wildman–Crippen LogP) is 3.29. The van der Waals surface area contributed by atoms with Gasteiger partial charge in [-0.15, -0.1) is 0 Å². The van der Waals surface area contributed by atoms with E-state index in [9.17, 15) is 4.79 Å². The Kier molecular flexibility index (Phi) is 5.44. The van der Waals surface area contributed by atoms with Crippen LogP contribution in [-0.4, -0.2) is 32.3 Å². The first-order valence-corrected chi connectivity index (χ1v) is 9.16. The second kappa shape index (κ2) is 7.56. The quantitative estimate of drug-likeness (QED) is 0.900. The molecule has 1 aromatic rings. The van der Waals surface area contributed by atoms with Crippen LogP contribution in [0.3, 0.4) is 0 Å². The van der Waals surface area contributed by atoms with Crippen LogP contribution in [0.15, 0.2) is 18.2 Å². The van der Waals surface area contributed by atoms with Crippen molar-refractivity contribution in [1.29, 1.82) is 0 Å². The van der Waals surface area contributed by atoms with Gasteiger partial charge in [0.05, 0.1) is 19.1 Å². The molecular weight excluding hydrogens is 302 g/mol. The molecule has 132 valence electrons. The van der Waals surface area contributed by atoms with Gasteiger partial charge in [-0.05, 0) is 54.9 Å². The molecule has 0 unspecified atom stereocenters. The molecule has 1 aliphatic heterocycles. The van der Waals surface area contributed by atoms with Crippen LogP contribution >= 0.6 is 0 Å². The molecule has 0 radical (unpaired) electrons. The number of hydrogen-bond acceptors (Lipinski definition) is 3. The van der Waals surface area contributed by atoms with E-state index in [0.717, 1.165) is 50.1 Å². The van der Waals surface area contributed by atoms with Gasteiger partial charge in [-0.1, -0.05) is 19.9 Å². The number of rotatable bonds is 5. The lowest BCUT2D eigenvalue weighted by molar-refractivity contribution is -0.123. The van der Waals surface area contributed by atoms with Gasteiger partial charge in [0.1, 0.15) is 5.75 Å². The van der Waals surface area contributed by atoms with Gasteiger partial charge in [0.15, 0.2) is 0 Å². The number of carbonyl (C=O) groups is 1. The predicted molar refractivity (Wildman–Crippen MR) is 94.4 cm³/mol. The lowest BCUT2D eigenvalue weighted by Crippen LogP contribution is -2.42. The average molecular weight is 331 g/mol. The summed E-state index contributed by atoms with van der Waals surface area (Å²) in [4.78, 5) is 12.7. The van der Waals surface area contributed by atoms with Crippen molar-refractivity contribution in [2.45, 2.75) is 51.6 Å². The van der Waals surface area contributed by atoms with Crippen LogP contribution in [0.4, 0.5) is 0 Å². The van der Waals surface area contributed by atoms with Crippen molar-refractivity contribution in [2.75, 3.05) is 20.3 Å². The van der Waals surface area contributed by atoms with E-state index < -0.39 is 0 Å². The van der Waals surface area contributed by atoms with E-state index in [4.69, 9.17) is 9.47 Å². The van der Waals surface area contributed by atoms with Crippen LogP contribution in [0.25, 0.3) is 0 Å². The molecule has 1 amide bonds. The maximum atomic E-state index is 12.7. The molecule has 24 heavy (non-hydrogen) atoms. The van der Waals surface area contributed by atoms with Crippen LogP contribution < -0.4 is 10.1 Å². The van der Waals surface area contributed by atoms with E-state index in [1.54, 1.807) is 7.11 Å². The van der Waals surface area contributed by atoms with Gasteiger partial charge in [-0.25, -0.2) is 0 Å². The molecule has 1 aromatic carbocycles. The normalized spacial score (nSPS) is 26.2. The molecule has 3 atom stereocenters. The van der Waals surface area contributed by atoms with Gasteiger partial charge >= 0.3 is 0 Å². The Morgan fingerprint density at radius 2 is 2.21 bits per heavy atom. The third-order valence-corrected chi connectivity index (χ3v) is 5.44. The zero-order valence-corrected chi connectivity index (χ0v) is 15.0. The van der Waals surface area contributed by atoms with Crippen molar-refractivity contribution in [1.82, 2.24) is 5.32 Å². The molecule has 2 aliphatic rings. The third-order valence-electron chi connectivity index (χ3n) is 5.44. The third kappa shape index (κ3) is 3.59. The highest BCUT2D eigenvalue weighted by atomic mass is 16.5. The number of fused-ring (bicyclic) bond motifs is 1. The molecule has 0 spiro atoms. The highest BCUT2D eigenvalue weighted by Crippen LogP contribution is 2.35. The molecule has 1 N–H and O–H groups in total. The smallest absolute Gasteiger partial charge is 0.227 e. The van der Waals surface area contributed by atoms with Crippen molar-refractivity contribution >= 4 is 5.91 Å². The first-order valence-electron chi connectivity index (χ1n) is 9.16. The summed E-state index contributed by atoms with van der Waals surface area (Å²) in [6.45, 7) is 5.97. The summed E-state index contributed by atoms with van der Waals surface area (Å²) >= 11 is 0. The van der Waals surface area contributed by atoms with Gasteiger partial charge in [0.25, 0.3) is 0 Å². The van der Waals surface area contributed by atoms with E-state index in [1.807, 2.05) is 12.1 Å². The van der Waals surface area contributed by atoms with Crippen molar-refractivity contribution < 1.29 is 14.3 Å². The number of ether oxygens (including phenoxy) is 2. The Bertz CT molecular complexity index is 584. The summed E-state index contributed by atoms with van der Waals surface area (Å²) in [6.07, 6.45) is 4.35. The van der Waals surface area contributed by atoms with Gasteiger partial charge in [-0.2, -0.15) is 0 Å². The lowest BCUT2D eigenvalue weighted by Gasteiger charge is -2.34. The number of aryl methyl sites for hydroxylation is 1. The monoisotopic (exact) mass is 331 g/mol. The minimum Gasteiger partial charge on any atom is -0.497 e. The molecular formula is C20H29NO3. The summed E-state index contributed by atoms with van der Waals surface area (Å²) < 4.78 is 11.2. The van der Waals surface area contributed by atoms with Crippen molar-refractivity contribution in [3.05, 3.63) is 29.3 Å². The summed E-state index contributed by atoms with van der Waals surface area (Å²) in [7, 11) is 1.67. The summed E-state index contributed by atoms with van der Waals surface area (Å²) in [6, 6.07) is 6.09. The van der Waals surface area contributed by atoms with Crippen molar-refractivity contribution in [3.8, 4) is 5.75 Å². The Balaban J connectivity index is 1.62.